The van der Waals surface area contributed by atoms with Crippen molar-refractivity contribution in [2.45, 2.75) is 26.9 Å². The normalized spacial score (nSPS) is 11.7. The Morgan fingerprint density at radius 2 is 1.88 bits per heavy atom. The second-order valence-corrected chi connectivity index (χ2v) is 6.22. The van der Waals surface area contributed by atoms with E-state index in [1.54, 1.807) is 13.0 Å². The molecule has 0 bridgehead atoms. The van der Waals surface area contributed by atoms with E-state index in [1.807, 2.05) is 0 Å². The SMILES string of the molecule is Cc1cc(NCC(C)C)nc(Nc2cc(C(F)(F)F)ccc2Cl)n1. The molecule has 1 aromatic heterocycles. The highest BCUT2D eigenvalue weighted by Crippen LogP contribution is 2.34. The van der Waals surface area contributed by atoms with E-state index in [-0.39, 0.29) is 16.7 Å². The Labute approximate surface area is 143 Å². The van der Waals surface area contributed by atoms with Gasteiger partial charge < -0.3 is 10.6 Å². The maximum absolute atomic E-state index is 12.8. The van der Waals surface area contributed by atoms with Crippen LogP contribution in [0.15, 0.2) is 24.3 Å². The predicted molar refractivity (Wildman–Crippen MR) is 89.8 cm³/mol. The summed E-state index contributed by atoms with van der Waals surface area (Å²) in [6, 6.07) is 4.83. The highest BCUT2D eigenvalue weighted by Gasteiger charge is 2.31. The minimum Gasteiger partial charge on any atom is -0.370 e. The van der Waals surface area contributed by atoms with E-state index in [9.17, 15) is 13.2 Å². The lowest BCUT2D eigenvalue weighted by Crippen LogP contribution is -2.11. The van der Waals surface area contributed by atoms with Crippen LogP contribution in [0.5, 0.6) is 0 Å². The zero-order chi connectivity index (χ0) is 17.9. The topological polar surface area (TPSA) is 49.8 Å². The number of nitrogens with zero attached hydrogens (tertiary/aromatic N) is 2. The molecule has 2 aromatic rings. The Kier molecular flexibility index (Phi) is 5.54. The first-order valence-corrected chi connectivity index (χ1v) is 7.76. The maximum Gasteiger partial charge on any atom is 0.416 e. The van der Waals surface area contributed by atoms with Crippen molar-refractivity contribution < 1.29 is 13.2 Å². The van der Waals surface area contributed by atoms with Crippen molar-refractivity contribution in [3.63, 3.8) is 0 Å². The zero-order valence-corrected chi connectivity index (χ0v) is 14.3. The first kappa shape index (κ1) is 18.3. The molecule has 130 valence electrons. The Bertz CT molecular complexity index is 717. The number of aryl methyl sites for hydroxylation is 1. The van der Waals surface area contributed by atoms with Gasteiger partial charge in [-0.25, -0.2) is 4.98 Å². The lowest BCUT2D eigenvalue weighted by Gasteiger charge is -2.13. The van der Waals surface area contributed by atoms with Crippen LogP contribution >= 0.6 is 11.6 Å². The van der Waals surface area contributed by atoms with Crippen LogP contribution < -0.4 is 10.6 Å². The molecule has 24 heavy (non-hydrogen) atoms. The van der Waals surface area contributed by atoms with Gasteiger partial charge in [-0.1, -0.05) is 25.4 Å². The molecule has 4 nitrogen and oxygen atoms in total. The second kappa shape index (κ2) is 7.25. The number of alkyl halides is 3. The molecule has 1 heterocycles. The third-order valence-electron chi connectivity index (χ3n) is 3.09. The molecular formula is C16H18ClF3N4. The van der Waals surface area contributed by atoms with Crippen LogP contribution in [0.2, 0.25) is 5.02 Å². The number of nitrogens with one attached hydrogen (secondary N) is 2. The van der Waals surface area contributed by atoms with Crippen LogP contribution in [-0.2, 0) is 6.18 Å². The molecule has 0 atom stereocenters. The second-order valence-electron chi connectivity index (χ2n) is 5.81. The van der Waals surface area contributed by atoms with Crippen molar-refractivity contribution in [2.24, 2.45) is 5.92 Å². The summed E-state index contributed by atoms with van der Waals surface area (Å²) in [7, 11) is 0. The van der Waals surface area contributed by atoms with E-state index < -0.39 is 11.7 Å². The zero-order valence-electron chi connectivity index (χ0n) is 13.5. The minimum atomic E-state index is -4.45. The molecule has 2 N–H and O–H groups in total. The molecule has 0 radical (unpaired) electrons. The Balaban J connectivity index is 2.27. The third kappa shape index (κ3) is 4.99. The Hall–Kier alpha value is -2.02. The molecule has 0 amide bonds. The van der Waals surface area contributed by atoms with Crippen LogP contribution in [-0.4, -0.2) is 16.5 Å². The number of rotatable bonds is 5. The fourth-order valence-electron chi connectivity index (χ4n) is 1.94. The average molecular weight is 359 g/mol. The lowest BCUT2D eigenvalue weighted by atomic mass is 10.2. The standard InChI is InChI=1S/C16H18ClF3N4/c1-9(2)8-21-14-6-10(3)22-15(24-14)23-13-7-11(16(18,19)20)4-5-12(13)17/h4-7,9H,8H2,1-3H3,(H2,21,22,23,24). The Morgan fingerprint density at radius 1 is 1.17 bits per heavy atom. The molecule has 8 heteroatoms. The van der Waals surface area contributed by atoms with Gasteiger partial charge in [-0.3, -0.25) is 0 Å². The van der Waals surface area contributed by atoms with Gasteiger partial charge in [-0.05, 0) is 31.0 Å². The molecule has 0 aliphatic rings. The van der Waals surface area contributed by atoms with E-state index in [2.05, 4.69) is 34.4 Å². The number of hydrogen-bond acceptors (Lipinski definition) is 4. The molecule has 0 spiro atoms. The summed E-state index contributed by atoms with van der Waals surface area (Å²) >= 11 is 5.98. The van der Waals surface area contributed by atoms with Gasteiger partial charge in [0.05, 0.1) is 16.3 Å². The van der Waals surface area contributed by atoms with E-state index in [1.165, 1.54) is 6.07 Å². The molecule has 0 unspecified atom stereocenters. The monoisotopic (exact) mass is 358 g/mol. The van der Waals surface area contributed by atoms with Gasteiger partial charge in [0, 0.05) is 18.3 Å². The number of anilines is 3. The Morgan fingerprint density at radius 3 is 2.50 bits per heavy atom. The smallest absolute Gasteiger partial charge is 0.370 e. The third-order valence-corrected chi connectivity index (χ3v) is 3.42. The van der Waals surface area contributed by atoms with Gasteiger partial charge in [-0.15, -0.1) is 0 Å². The molecule has 0 aliphatic heterocycles. The van der Waals surface area contributed by atoms with Gasteiger partial charge in [0.15, 0.2) is 0 Å². The van der Waals surface area contributed by atoms with Crippen molar-refractivity contribution in [3.8, 4) is 0 Å². The van der Waals surface area contributed by atoms with Crippen molar-refractivity contribution in [2.75, 3.05) is 17.2 Å². The lowest BCUT2D eigenvalue weighted by molar-refractivity contribution is -0.137. The molecule has 0 saturated heterocycles. The van der Waals surface area contributed by atoms with Gasteiger partial charge in [0.25, 0.3) is 0 Å². The molecule has 0 fully saturated rings. The van der Waals surface area contributed by atoms with E-state index in [0.717, 1.165) is 18.7 Å². The number of halogens is 4. The molecule has 0 saturated carbocycles. The quantitative estimate of drug-likeness (QED) is 0.764. The maximum atomic E-state index is 12.8. The van der Waals surface area contributed by atoms with Crippen molar-refractivity contribution >= 4 is 29.1 Å². The fourth-order valence-corrected chi connectivity index (χ4v) is 2.11. The van der Waals surface area contributed by atoms with Gasteiger partial charge in [-0.2, -0.15) is 18.2 Å². The van der Waals surface area contributed by atoms with Crippen LogP contribution in [0.1, 0.15) is 25.1 Å². The van der Waals surface area contributed by atoms with Gasteiger partial charge in [0.2, 0.25) is 5.95 Å². The first-order chi connectivity index (χ1) is 11.1. The van der Waals surface area contributed by atoms with Crippen molar-refractivity contribution in [3.05, 3.63) is 40.5 Å². The largest absolute Gasteiger partial charge is 0.416 e. The van der Waals surface area contributed by atoms with Crippen LogP contribution in [0.4, 0.5) is 30.6 Å². The first-order valence-electron chi connectivity index (χ1n) is 7.38. The number of hydrogen-bond donors (Lipinski definition) is 2. The number of aromatic nitrogens is 2. The van der Waals surface area contributed by atoms with Gasteiger partial charge >= 0.3 is 6.18 Å². The predicted octanol–water partition coefficient (Wildman–Crippen LogP) is 5.27. The minimum absolute atomic E-state index is 0.104. The summed E-state index contributed by atoms with van der Waals surface area (Å²) in [4.78, 5) is 8.45. The van der Waals surface area contributed by atoms with Crippen LogP contribution in [0.25, 0.3) is 0 Å². The number of benzene rings is 1. The van der Waals surface area contributed by atoms with E-state index in [4.69, 9.17) is 11.6 Å². The molecule has 0 aliphatic carbocycles. The summed E-state index contributed by atoms with van der Waals surface area (Å²) < 4.78 is 38.5. The van der Waals surface area contributed by atoms with E-state index >= 15 is 0 Å². The fraction of sp³-hybridized carbons (Fsp3) is 0.375. The van der Waals surface area contributed by atoms with Gasteiger partial charge in [0.1, 0.15) is 5.82 Å². The summed E-state index contributed by atoms with van der Waals surface area (Å²) in [5, 5.41) is 6.07. The van der Waals surface area contributed by atoms with Crippen molar-refractivity contribution in [1.82, 2.24) is 9.97 Å². The summed E-state index contributed by atoms with van der Waals surface area (Å²) in [5.74, 6) is 1.21. The van der Waals surface area contributed by atoms with Crippen LogP contribution in [0, 0.1) is 12.8 Å². The average Bonchev–Trinajstić information content (AvgIpc) is 2.46. The summed E-state index contributed by atoms with van der Waals surface area (Å²) in [5.41, 5.74) is -0.00559. The van der Waals surface area contributed by atoms with E-state index in [0.29, 0.717) is 17.4 Å². The van der Waals surface area contributed by atoms with Crippen molar-refractivity contribution in [1.29, 1.82) is 0 Å². The highest BCUT2D eigenvalue weighted by atomic mass is 35.5. The molecule has 2 rings (SSSR count). The summed E-state index contributed by atoms with van der Waals surface area (Å²) in [6.45, 7) is 6.62. The van der Waals surface area contributed by atoms with Crippen LogP contribution in [0.3, 0.4) is 0 Å². The molecule has 1 aromatic carbocycles. The highest BCUT2D eigenvalue weighted by molar-refractivity contribution is 6.33. The summed E-state index contributed by atoms with van der Waals surface area (Å²) in [6.07, 6.45) is -4.45. The molecular weight excluding hydrogens is 341 g/mol.